The number of aryl methyl sites for hydroxylation is 1. The summed E-state index contributed by atoms with van der Waals surface area (Å²) in [6.45, 7) is 5.69. The molecule has 8 heteroatoms. The normalized spacial score (nSPS) is 12.2. The predicted octanol–water partition coefficient (Wildman–Crippen LogP) is 3.26. The second-order valence-corrected chi connectivity index (χ2v) is 8.43. The van der Waals surface area contributed by atoms with Crippen molar-refractivity contribution >= 4 is 27.6 Å². The summed E-state index contributed by atoms with van der Waals surface area (Å²) < 4.78 is 32.3. The van der Waals surface area contributed by atoms with Gasteiger partial charge in [0.25, 0.3) is 0 Å². The van der Waals surface area contributed by atoms with Crippen LogP contribution in [0.1, 0.15) is 42.6 Å². The van der Waals surface area contributed by atoms with Gasteiger partial charge < -0.3 is 10.1 Å². The minimum absolute atomic E-state index is 0.0914. The SMILES string of the molecule is CCCCOC(=O)c1ccc(NC(=O)[C@@H](C)NS(=O)(=O)c2ccc(C)cc2)cc1. The Balaban J connectivity index is 1.95. The molecule has 0 aliphatic rings. The molecule has 0 radical (unpaired) electrons. The zero-order valence-corrected chi connectivity index (χ0v) is 17.6. The average molecular weight is 419 g/mol. The molecule has 156 valence electrons. The highest BCUT2D eigenvalue weighted by Crippen LogP contribution is 2.13. The Morgan fingerprint density at radius 2 is 1.66 bits per heavy atom. The summed E-state index contributed by atoms with van der Waals surface area (Å²) in [7, 11) is -3.81. The van der Waals surface area contributed by atoms with Crippen molar-refractivity contribution in [2.24, 2.45) is 0 Å². The maximum Gasteiger partial charge on any atom is 0.338 e. The quantitative estimate of drug-likeness (QED) is 0.481. The molecular weight excluding hydrogens is 392 g/mol. The zero-order valence-electron chi connectivity index (χ0n) is 16.8. The van der Waals surface area contributed by atoms with E-state index in [2.05, 4.69) is 10.0 Å². The molecular formula is C21H26N2O5S. The Morgan fingerprint density at radius 1 is 1.03 bits per heavy atom. The van der Waals surface area contributed by atoms with Crippen molar-refractivity contribution in [1.29, 1.82) is 0 Å². The number of sulfonamides is 1. The molecule has 0 unspecified atom stereocenters. The van der Waals surface area contributed by atoms with Crippen LogP contribution in [0.5, 0.6) is 0 Å². The number of benzene rings is 2. The van der Waals surface area contributed by atoms with Gasteiger partial charge in [-0.05, 0) is 56.7 Å². The summed E-state index contributed by atoms with van der Waals surface area (Å²) in [5.74, 6) is -0.936. The fourth-order valence-corrected chi connectivity index (χ4v) is 3.61. The number of hydrogen-bond donors (Lipinski definition) is 2. The lowest BCUT2D eigenvalue weighted by atomic mass is 10.2. The fraction of sp³-hybridized carbons (Fsp3) is 0.333. The lowest BCUT2D eigenvalue weighted by Crippen LogP contribution is -2.41. The van der Waals surface area contributed by atoms with E-state index in [0.29, 0.717) is 17.9 Å². The van der Waals surface area contributed by atoms with Gasteiger partial charge in [-0.15, -0.1) is 0 Å². The van der Waals surface area contributed by atoms with Gasteiger partial charge in [-0.1, -0.05) is 31.0 Å². The Kier molecular flexibility index (Phi) is 7.92. The van der Waals surface area contributed by atoms with E-state index in [1.165, 1.54) is 19.1 Å². The molecule has 0 aliphatic heterocycles. The lowest BCUT2D eigenvalue weighted by Gasteiger charge is -2.15. The maximum absolute atomic E-state index is 12.4. The first-order valence-electron chi connectivity index (χ1n) is 9.40. The monoisotopic (exact) mass is 418 g/mol. The van der Waals surface area contributed by atoms with Gasteiger partial charge in [-0.2, -0.15) is 4.72 Å². The summed E-state index contributed by atoms with van der Waals surface area (Å²) in [5.41, 5.74) is 1.76. The topological polar surface area (TPSA) is 102 Å². The van der Waals surface area contributed by atoms with Gasteiger partial charge in [0.15, 0.2) is 0 Å². The zero-order chi connectivity index (χ0) is 21.4. The molecule has 0 aromatic heterocycles. The molecule has 0 bridgehead atoms. The van der Waals surface area contributed by atoms with E-state index in [0.717, 1.165) is 18.4 Å². The number of nitrogens with one attached hydrogen (secondary N) is 2. The van der Waals surface area contributed by atoms with Crippen LogP contribution in [0, 0.1) is 6.92 Å². The van der Waals surface area contributed by atoms with Crippen LogP contribution < -0.4 is 10.0 Å². The van der Waals surface area contributed by atoms with Crippen molar-refractivity contribution in [3.63, 3.8) is 0 Å². The van der Waals surface area contributed by atoms with Crippen molar-refractivity contribution in [3.05, 3.63) is 59.7 Å². The molecule has 1 atom stereocenters. The molecule has 0 saturated carbocycles. The van der Waals surface area contributed by atoms with Crippen molar-refractivity contribution in [2.75, 3.05) is 11.9 Å². The highest BCUT2D eigenvalue weighted by Gasteiger charge is 2.22. The van der Waals surface area contributed by atoms with E-state index in [4.69, 9.17) is 4.74 Å². The number of carbonyl (C=O) groups is 2. The van der Waals surface area contributed by atoms with E-state index in [1.807, 2.05) is 13.8 Å². The molecule has 0 aliphatic carbocycles. The van der Waals surface area contributed by atoms with Crippen molar-refractivity contribution in [3.8, 4) is 0 Å². The second kappa shape index (κ2) is 10.2. The average Bonchev–Trinajstić information content (AvgIpc) is 2.68. The van der Waals surface area contributed by atoms with Crippen LogP contribution in [0.15, 0.2) is 53.4 Å². The number of unbranched alkanes of at least 4 members (excludes halogenated alkanes) is 1. The van der Waals surface area contributed by atoms with Gasteiger partial charge in [0.05, 0.1) is 23.1 Å². The van der Waals surface area contributed by atoms with Crippen LogP contribution in [-0.2, 0) is 19.6 Å². The van der Waals surface area contributed by atoms with Crippen LogP contribution >= 0.6 is 0 Å². The van der Waals surface area contributed by atoms with Gasteiger partial charge in [0, 0.05) is 5.69 Å². The minimum atomic E-state index is -3.81. The Labute approximate surface area is 171 Å². The van der Waals surface area contributed by atoms with Crippen LogP contribution in [0.2, 0.25) is 0 Å². The highest BCUT2D eigenvalue weighted by molar-refractivity contribution is 7.89. The van der Waals surface area contributed by atoms with Crippen molar-refractivity contribution in [1.82, 2.24) is 4.72 Å². The van der Waals surface area contributed by atoms with Gasteiger partial charge in [-0.25, -0.2) is 13.2 Å². The maximum atomic E-state index is 12.4. The van der Waals surface area contributed by atoms with E-state index in [9.17, 15) is 18.0 Å². The minimum Gasteiger partial charge on any atom is -0.462 e. The lowest BCUT2D eigenvalue weighted by molar-refractivity contribution is -0.117. The van der Waals surface area contributed by atoms with Crippen LogP contribution in [0.3, 0.4) is 0 Å². The first kappa shape index (κ1) is 22.6. The number of amides is 1. The molecule has 0 fully saturated rings. The first-order chi connectivity index (χ1) is 13.7. The smallest absolute Gasteiger partial charge is 0.338 e. The number of ether oxygens (including phenoxy) is 1. The summed E-state index contributed by atoms with van der Waals surface area (Å²) in [4.78, 5) is 24.3. The van der Waals surface area contributed by atoms with E-state index < -0.39 is 27.9 Å². The molecule has 2 N–H and O–H groups in total. The summed E-state index contributed by atoms with van der Waals surface area (Å²) in [6, 6.07) is 11.6. The van der Waals surface area contributed by atoms with Gasteiger partial charge in [0.2, 0.25) is 15.9 Å². The van der Waals surface area contributed by atoms with Gasteiger partial charge in [0.1, 0.15) is 0 Å². The third kappa shape index (κ3) is 6.69. The van der Waals surface area contributed by atoms with E-state index >= 15 is 0 Å². The Hall–Kier alpha value is -2.71. The molecule has 2 aromatic carbocycles. The molecule has 0 saturated heterocycles. The third-order valence-electron chi connectivity index (χ3n) is 4.18. The molecule has 0 heterocycles. The van der Waals surface area contributed by atoms with Gasteiger partial charge >= 0.3 is 5.97 Å². The van der Waals surface area contributed by atoms with Crippen LogP contribution in [0.4, 0.5) is 5.69 Å². The van der Waals surface area contributed by atoms with Gasteiger partial charge in [-0.3, -0.25) is 4.79 Å². The number of carbonyl (C=O) groups excluding carboxylic acids is 2. The molecule has 1 amide bonds. The third-order valence-corrected chi connectivity index (χ3v) is 5.73. The van der Waals surface area contributed by atoms with Crippen molar-refractivity contribution < 1.29 is 22.7 Å². The second-order valence-electron chi connectivity index (χ2n) is 6.71. The van der Waals surface area contributed by atoms with E-state index in [1.54, 1.807) is 36.4 Å². The molecule has 2 rings (SSSR count). The largest absolute Gasteiger partial charge is 0.462 e. The first-order valence-corrected chi connectivity index (χ1v) is 10.9. The summed E-state index contributed by atoms with van der Waals surface area (Å²) in [6.07, 6.45) is 1.74. The fourth-order valence-electron chi connectivity index (χ4n) is 2.40. The van der Waals surface area contributed by atoms with Crippen molar-refractivity contribution in [2.45, 2.75) is 44.6 Å². The summed E-state index contributed by atoms with van der Waals surface area (Å²) >= 11 is 0. The van der Waals surface area contributed by atoms with Crippen LogP contribution in [0.25, 0.3) is 0 Å². The Morgan fingerprint density at radius 3 is 2.24 bits per heavy atom. The standard InChI is InChI=1S/C21H26N2O5S/c1-4-5-14-28-21(25)17-8-10-18(11-9-17)22-20(24)16(3)23-29(26,27)19-12-6-15(2)7-13-19/h6-13,16,23H,4-5,14H2,1-3H3,(H,22,24)/t16-/m1/s1. The molecule has 7 nitrogen and oxygen atoms in total. The number of esters is 1. The van der Waals surface area contributed by atoms with Crippen LogP contribution in [-0.4, -0.2) is 32.9 Å². The number of rotatable bonds is 9. The van der Waals surface area contributed by atoms with E-state index in [-0.39, 0.29) is 4.90 Å². The molecule has 2 aromatic rings. The number of hydrogen-bond acceptors (Lipinski definition) is 5. The predicted molar refractivity (Wildman–Crippen MR) is 111 cm³/mol. The highest BCUT2D eigenvalue weighted by atomic mass is 32.2. The molecule has 29 heavy (non-hydrogen) atoms. The molecule has 0 spiro atoms. The Bertz CT molecular complexity index is 938. The number of anilines is 1. The summed E-state index contributed by atoms with van der Waals surface area (Å²) in [5, 5.41) is 2.63.